The molecule has 3 rings (SSSR count). The summed E-state index contributed by atoms with van der Waals surface area (Å²) in [7, 11) is -3.02. The van der Waals surface area contributed by atoms with E-state index in [0.717, 1.165) is 0 Å². The van der Waals surface area contributed by atoms with Gasteiger partial charge in [0.1, 0.15) is 17.8 Å². The van der Waals surface area contributed by atoms with Gasteiger partial charge in [-0.25, -0.2) is 18.4 Å². The van der Waals surface area contributed by atoms with Gasteiger partial charge in [0.05, 0.1) is 23.1 Å². The third kappa shape index (κ3) is 4.41. The van der Waals surface area contributed by atoms with Crippen LogP contribution in [0.1, 0.15) is 29.4 Å². The molecule has 0 spiro atoms. The van der Waals surface area contributed by atoms with E-state index in [4.69, 9.17) is 5.26 Å². The molecule has 27 heavy (non-hydrogen) atoms. The highest BCUT2D eigenvalue weighted by Gasteiger charge is 2.32. The van der Waals surface area contributed by atoms with Crippen LogP contribution in [-0.2, 0) is 9.84 Å². The Labute approximate surface area is 157 Å². The molecule has 0 radical (unpaired) electrons. The molecule has 0 bridgehead atoms. The number of carbonyl (C=O) groups excluding carboxylic acids is 1. The number of benzene rings is 1. The highest BCUT2D eigenvalue weighted by atomic mass is 32.2. The Balaban J connectivity index is 1.77. The van der Waals surface area contributed by atoms with Crippen LogP contribution >= 0.6 is 0 Å². The summed E-state index contributed by atoms with van der Waals surface area (Å²) in [6, 6.07) is 9.93. The first-order valence-corrected chi connectivity index (χ1v) is 10.3. The second kappa shape index (κ2) is 7.72. The molecule has 1 aromatic carbocycles. The van der Waals surface area contributed by atoms with Gasteiger partial charge in [0.25, 0.3) is 5.91 Å². The summed E-state index contributed by atoms with van der Waals surface area (Å²) in [6.45, 7) is 2.50. The zero-order chi connectivity index (χ0) is 19.4. The number of sulfone groups is 1. The van der Waals surface area contributed by atoms with E-state index in [-0.39, 0.29) is 23.2 Å². The van der Waals surface area contributed by atoms with Gasteiger partial charge in [0.2, 0.25) is 0 Å². The third-order valence-corrected chi connectivity index (χ3v) is 6.19. The average molecular weight is 385 g/mol. The second-order valence-electron chi connectivity index (χ2n) is 6.25. The van der Waals surface area contributed by atoms with E-state index in [1.807, 2.05) is 17.9 Å². The SMILES string of the molecule is CCN(c1cc(C(=O)Nc2ccc(C#N)cc2)ncn1)C1CCS(=O)(=O)C1. The number of carbonyl (C=O) groups is 1. The fraction of sp³-hybridized carbons (Fsp3) is 0.333. The topological polar surface area (TPSA) is 116 Å². The highest BCUT2D eigenvalue weighted by molar-refractivity contribution is 7.91. The molecule has 1 N–H and O–H groups in total. The largest absolute Gasteiger partial charge is 0.353 e. The highest BCUT2D eigenvalue weighted by Crippen LogP contribution is 2.23. The van der Waals surface area contributed by atoms with Crippen molar-refractivity contribution in [1.82, 2.24) is 9.97 Å². The second-order valence-corrected chi connectivity index (χ2v) is 8.48. The van der Waals surface area contributed by atoms with E-state index in [9.17, 15) is 13.2 Å². The minimum atomic E-state index is -3.02. The summed E-state index contributed by atoms with van der Waals surface area (Å²) in [5.74, 6) is 0.390. The summed E-state index contributed by atoms with van der Waals surface area (Å²) in [5.41, 5.74) is 1.24. The Morgan fingerprint density at radius 1 is 1.33 bits per heavy atom. The average Bonchev–Trinajstić information content (AvgIpc) is 3.02. The molecule has 1 atom stereocenters. The van der Waals surface area contributed by atoms with Gasteiger partial charge in [-0.15, -0.1) is 0 Å². The zero-order valence-electron chi connectivity index (χ0n) is 14.8. The van der Waals surface area contributed by atoms with Crippen molar-refractivity contribution in [3.63, 3.8) is 0 Å². The molecule has 2 aromatic rings. The van der Waals surface area contributed by atoms with E-state index in [2.05, 4.69) is 15.3 Å². The molecule has 1 amide bonds. The number of amides is 1. The molecule has 140 valence electrons. The summed E-state index contributed by atoms with van der Waals surface area (Å²) >= 11 is 0. The van der Waals surface area contributed by atoms with Crippen LogP contribution in [0.5, 0.6) is 0 Å². The zero-order valence-corrected chi connectivity index (χ0v) is 15.6. The van der Waals surface area contributed by atoms with E-state index in [1.165, 1.54) is 6.33 Å². The third-order valence-electron chi connectivity index (χ3n) is 4.44. The van der Waals surface area contributed by atoms with Gasteiger partial charge >= 0.3 is 0 Å². The van der Waals surface area contributed by atoms with E-state index in [1.54, 1.807) is 30.3 Å². The minimum Gasteiger partial charge on any atom is -0.353 e. The van der Waals surface area contributed by atoms with Crippen LogP contribution in [0.3, 0.4) is 0 Å². The molecular formula is C18H19N5O3S. The standard InChI is InChI=1S/C18H19N5O3S/c1-2-23(15-7-8-27(25,26)11-15)17-9-16(20-12-21-17)18(24)22-14-5-3-13(10-19)4-6-14/h3-6,9,12,15H,2,7-8,11H2,1H3,(H,22,24). The van der Waals surface area contributed by atoms with Gasteiger partial charge in [0.15, 0.2) is 9.84 Å². The van der Waals surface area contributed by atoms with Gasteiger partial charge in [0, 0.05) is 24.3 Å². The van der Waals surface area contributed by atoms with Crippen molar-refractivity contribution in [3.05, 3.63) is 47.9 Å². The fourth-order valence-electron chi connectivity index (χ4n) is 3.08. The number of nitriles is 1. The lowest BCUT2D eigenvalue weighted by atomic mass is 10.2. The molecule has 1 saturated heterocycles. The van der Waals surface area contributed by atoms with Crippen molar-refractivity contribution >= 4 is 27.2 Å². The molecule has 1 unspecified atom stereocenters. The maximum atomic E-state index is 12.5. The lowest BCUT2D eigenvalue weighted by Crippen LogP contribution is -2.37. The van der Waals surface area contributed by atoms with Crippen LogP contribution in [0.15, 0.2) is 36.7 Å². The fourth-order valence-corrected chi connectivity index (χ4v) is 4.81. The predicted molar refractivity (Wildman–Crippen MR) is 101 cm³/mol. The maximum absolute atomic E-state index is 12.5. The normalized spacial score (nSPS) is 17.9. The Morgan fingerprint density at radius 2 is 2.07 bits per heavy atom. The number of anilines is 2. The number of hydrogen-bond donors (Lipinski definition) is 1. The van der Waals surface area contributed by atoms with Crippen molar-refractivity contribution in [2.45, 2.75) is 19.4 Å². The number of rotatable bonds is 5. The molecular weight excluding hydrogens is 366 g/mol. The molecule has 1 aliphatic heterocycles. The summed E-state index contributed by atoms with van der Waals surface area (Å²) in [5, 5.41) is 11.5. The monoisotopic (exact) mass is 385 g/mol. The molecule has 9 heteroatoms. The minimum absolute atomic E-state index is 0.0949. The van der Waals surface area contributed by atoms with E-state index in [0.29, 0.717) is 30.0 Å². The van der Waals surface area contributed by atoms with Crippen LogP contribution < -0.4 is 10.2 Å². The van der Waals surface area contributed by atoms with Crippen molar-refractivity contribution in [2.24, 2.45) is 0 Å². The van der Waals surface area contributed by atoms with Gasteiger partial charge in [-0.05, 0) is 37.6 Å². The first kappa shape index (κ1) is 18.8. The molecule has 2 heterocycles. The Morgan fingerprint density at radius 3 is 2.67 bits per heavy atom. The summed E-state index contributed by atoms with van der Waals surface area (Å²) in [6.07, 6.45) is 1.85. The van der Waals surface area contributed by atoms with Crippen molar-refractivity contribution in [3.8, 4) is 6.07 Å². The lowest BCUT2D eigenvalue weighted by molar-refractivity contribution is 0.102. The Kier molecular flexibility index (Phi) is 5.37. The van der Waals surface area contributed by atoms with Crippen molar-refractivity contribution in [1.29, 1.82) is 5.26 Å². The van der Waals surface area contributed by atoms with Crippen LogP contribution in [0, 0.1) is 11.3 Å². The molecule has 0 aliphatic carbocycles. The number of nitrogens with one attached hydrogen (secondary N) is 1. The maximum Gasteiger partial charge on any atom is 0.274 e. The first-order chi connectivity index (χ1) is 12.9. The first-order valence-electron chi connectivity index (χ1n) is 8.52. The van der Waals surface area contributed by atoms with Crippen molar-refractivity contribution in [2.75, 3.05) is 28.3 Å². The molecule has 1 aromatic heterocycles. The van der Waals surface area contributed by atoms with Crippen molar-refractivity contribution < 1.29 is 13.2 Å². The van der Waals surface area contributed by atoms with Gasteiger partial charge in [-0.3, -0.25) is 4.79 Å². The van der Waals surface area contributed by atoms with Crippen LogP contribution in [0.4, 0.5) is 11.5 Å². The lowest BCUT2D eigenvalue weighted by Gasteiger charge is -2.27. The molecule has 8 nitrogen and oxygen atoms in total. The number of nitrogens with zero attached hydrogens (tertiary/aromatic N) is 4. The van der Waals surface area contributed by atoms with Crippen LogP contribution in [-0.4, -0.2) is 48.4 Å². The predicted octanol–water partition coefficient (Wildman–Crippen LogP) is 1.61. The molecule has 1 aliphatic rings. The van der Waals surface area contributed by atoms with Crippen LogP contribution in [0.2, 0.25) is 0 Å². The molecule has 0 saturated carbocycles. The summed E-state index contributed by atoms with van der Waals surface area (Å²) in [4.78, 5) is 22.6. The molecule has 1 fully saturated rings. The van der Waals surface area contributed by atoms with Crippen LogP contribution in [0.25, 0.3) is 0 Å². The summed E-state index contributed by atoms with van der Waals surface area (Å²) < 4.78 is 23.5. The van der Waals surface area contributed by atoms with E-state index >= 15 is 0 Å². The number of aromatic nitrogens is 2. The Bertz CT molecular complexity index is 983. The smallest absolute Gasteiger partial charge is 0.274 e. The Hall–Kier alpha value is -2.99. The van der Waals surface area contributed by atoms with Gasteiger partial charge in [-0.2, -0.15) is 5.26 Å². The quantitative estimate of drug-likeness (QED) is 0.831. The number of hydrogen-bond acceptors (Lipinski definition) is 7. The van der Waals surface area contributed by atoms with E-state index < -0.39 is 15.7 Å². The van der Waals surface area contributed by atoms with Gasteiger partial charge in [-0.1, -0.05) is 0 Å². The van der Waals surface area contributed by atoms with Gasteiger partial charge < -0.3 is 10.2 Å².